The molecule has 0 aliphatic carbocycles. The number of aromatic nitrogens is 4. The van der Waals surface area contributed by atoms with Crippen LogP contribution in [-0.2, 0) is 4.79 Å². The first-order chi connectivity index (χ1) is 13.0. The number of hydrogen-bond acceptors (Lipinski definition) is 7. The van der Waals surface area contributed by atoms with Gasteiger partial charge in [0.15, 0.2) is 16.8 Å². The van der Waals surface area contributed by atoms with E-state index in [0.29, 0.717) is 16.7 Å². The Kier molecular flexibility index (Phi) is 5.92. The monoisotopic (exact) mass is 386 g/mol. The van der Waals surface area contributed by atoms with Crippen LogP contribution < -0.4 is 5.32 Å². The van der Waals surface area contributed by atoms with Gasteiger partial charge in [-0.05, 0) is 40.1 Å². The summed E-state index contributed by atoms with van der Waals surface area (Å²) in [5.41, 5.74) is 0.959. The van der Waals surface area contributed by atoms with Gasteiger partial charge in [0, 0.05) is 11.8 Å². The average molecular weight is 386 g/mol. The molecule has 1 amide bonds. The molecular formula is C18H22N6O2S. The summed E-state index contributed by atoms with van der Waals surface area (Å²) in [6.07, 6.45) is 0. The van der Waals surface area contributed by atoms with E-state index in [0.717, 1.165) is 11.5 Å². The second-order valence-electron chi connectivity index (χ2n) is 6.31. The number of thioether (sulfide) groups is 1. The molecule has 0 aliphatic heterocycles. The van der Waals surface area contributed by atoms with E-state index < -0.39 is 0 Å². The molecule has 3 rings (SSSR count). The molecule has 8 nitrogen and oxygen atoms in total. The number of carbonyl (C=O) groups excluding carboxylic acids is 1. The van der Waals surface area contributed by atoms with Crippen LogP contribution in [0.25, 0.3) is 5.69 Å². The normalized spacial score (nSPS) is 12.3. The fourth-order valence-corrected chi connectivity index (χ4v) is 3.19. The zero-order valence-electron chi connectivity index (χ0n) is 15.7. The molecule has 1 unspecified atom stereocenters. The number of amides is 1. The fraction of sp³-hybridized carbons (Fsp3) is 0.333. The minimum atomic E-state index is -0.182. The third-order valence-electron chi connectivity index (χ3n) is 4.05. The van der Waals surface area contributed by atoms with Gasteiger partial charge in [0.25, 0.3) is 0 Å². The highest BCUT2D eigenvalue weighted by atomic mass is 32.2. The maximum Gasteiger partial charge on any atom is 0.236 e. The van der Waals surface area contributed by atoms with E-state index in [-0.39, 0.29) is 17.7 Å². The molecule has 2 heterocycles. The van der Waals surface area contributed by atoms with E-state index in [1.807, 2.05) is 49.0 Å². The molecule has 0 saturated heterocycles. The lowest BCUT2D eigenvalue weighted by molar-refractivity contribution is -0.113. The van der Waals surface area contributed by atoms with Crippen LogP contribution >= 0.6 is 11.8 Å². The maximum atomic E-state index is 12.2. The highest BCUT2D eigenvalue weighted by molar-refractivity contribution is 7.99. The van der Waals surface area contributed by atoms with Gasteiger partial charge in [0.2, 0.25) is 5.91 Å². The highest BCUT2D eigenvalue weighted by Crippen LogP contribution is 2.26. The second-order valence-corrected chi connectivity index (χ2v) is 7.25. The largest absolute Gasteiger partial charge is 0.360 e. The average Bonchev–Trinajstić information content (AvgIpc) is 3.26. The van der Waals surface area contributed by atoms with Gasteiger partial charge >= 0.3 is 0 Å². The lowest BCUT2D eigenvalue weighted by Gasteiger charge is -2.20. The van der Waals surface area contributed by atoms with Gasteiger partial charge in [-0.1, -0.05) is 35.1 Å². The molecule has 3 aromatic rings. The van der Waals surface area contributed by atoms with Crippen LogP contribution in [0, 0.1) is 6.92 Å². The second kappa shape index (κ2) is 8.36. The van der Waals surface area contributed by atoms with E-state index in [4.69, 9.17) is 4.52 Å². The predicted molar refractivity (Wildman–Crippen MR) is 104 cm³/mol. The molecule has 1 atom stereocenters. The van der Waals surface area contributed by atoms with Gasteiger partial charge in [-0.25, -0.2) is 0 Å². The van der Waals surface area contributed by atoms with Gasteiger partial charge in [0.1, 0.15) is 5.76 Å². The summed E-state index contributed by atoms with van der Waals surface area (Å²) < 4.78 is 6.94. The summed E-state index contributed by atoms with van der Waals surface area (Å²) in [6, 6.07) is 11.6. The Labute approximate surface area is 161 Å². The third kappa shape index (κ3) is 4.55. The van der Waals surface area contributed by atoms with Gasteiger partial charge in [-0.3, -0.25) is 14.3 Å². The number of nitrogens with one attached hydrogen (secondary N) is 1. The van der Waals surface area contributed by atoms with Crippen molar-refractivity contribution in [1.29, 1.82) is 0 Å². The summed E-state index contributed by atoms with van der Waals surface area (Å²) in [7, 11) is 3.99. The Morgan fingerprint density at radius 1 is 1.30 bits per heavy atom. The SMILES string of the molecule is Cc1cc(NC(=O)CSc2nnc(C(C)N(C)C)n2-c2ccccc2)no1. The predicted octanol–water partition coefficient (Wildman–Crippen LogP) is 2.92. The summed E-state index contributed by atoms with van der Waals surface area (Å²) in [5.74, 6) is 1.88. The molecule has 0 aliphatic rings. The molecule has 0 spiro atoms. The van der Waals surface area contributed by atoms with Gasteiger partial charge in [-0.15, -0.1) is 10.2 Å². The number of rotatable bonds is 7. The zero-order valence-corrected chi connectivity index (χ0v) is 16.5. The smallest absolute Gasteiger partial charge is 0.236 e. The molecule has 2 aromatic heterocycles. The van der Waals surface area contributed by atoms with Crippen LogP contribution in [0.5, 0.6) is 0 Å². The quantitative estimate of drug-likeness (QED) is 0.625. The van der Waals surface area contributed by atoms with Crippen molar-refractivity contribution in [2.24, 2.45) is 0 Å². The van der Waals surface area contributed by atoms with Crippen LogP contribution in [0.4, 0.5) is 5.82 Å². The van der Waals surface area contributed by atoms with Crippen LogP contribution in [0.15, 0.2) is 46.1 Å². The van der Waals surface area contributed by atoms with Crippen molar-refractivity contribution < 1.29 is 9.32 Å². The minimum absolute atomic E-state index is 0.0685. The minimum Gasteiger partial charge on any atom is -0.360 e. The van der Waals surface area contributed by atoms with Crippen LogP contribution in [0.2, 0.25) is 0 Å². The van der Waals surface area contributed by atoms with Crippen molar-refractivity contribution in [3.05, 3.63) is 48.0 Å². The first kappa shape index (κ1) is 19.1. The van der Waals surface area contributed by atoms with E-state index in [9.17, 15) is 4.79 Å². The van der Waals surface area contributed by atoms with E-state index in [2.05, 4.69) is 32.5 Å². The number of benzene rings is 1. The molecule has 27 heavy (non-hydrogen) atoms. The van der Waals surface area contributed by atoms with Crippen LogP contribution in [0.3, 0.4) is 0 Å². The van der Waals surface area contributed by atoms with Crippen LogP contribution in [0.1, 0.15) is 24.6 Å². The Bertz CT molecular complexity index is 906. The van der Waals surface area contributed by atoms with Crippen molar-refractivity contribution in [2.75, 3.05) is 25.2 Å². The summed E-state index contributed by atoms with van der Waals surface area (Å²) in [6.45, 7) is 3.84. The Balaban J connectivity index is 1.79. The van der Waals surface area contributed by atoms with Crippen molar-refractivity contribution in [3.8, 4) is 5.69 Å². The number of para-hydroxylation sites is 1. The lowest BCUT2D eigenvalue weighted by atomic mass is 10.2. The summed E-state index contributed by atoms with van der Waals surface area (Å²) >= 11 is 1.33. The number of aryl methyl sites for hydroxylation is 1. The van der Waals surface area contributed by atoms with E-state index >= 15 is 0 Å². The van der Waals surface area contributed by atoms with E-state index in [1.165, 1.54) is 11.8 Å². The first-order valence-electron chi connectivity index (χ1n) is 8.49. The Morgan fingerprint density at radius 2 is 2.04 bits per heavy atom. The molecule has 142 valence electrons. The number of nitrogens with zero attached hydrogens (tertiary/aromatic N) is 5. The first-order valence-corrected chi connectivity index (χ1v) is 9.47. The molecule has 0 fully saturated rings. The number of anilines is 1. The van der Waals surface area contributed by atoms with Crippen molar-refractivity contribution >= 4 is 23.5 Å². The topological polar surface area (TPSA) is 89.1 Å². The maximum absolute atomic E-state index is 12.2. The van der Waals surface area contributed by atoms with Crippen molar-refractivity contribution in [2.45, 2.75) is 25.0 Å². The highest BCUT2D eigenvalue weighted by Gasteiger charge is 2.21. The molecule has 1 aromatic carbocycles. The van der Waals surface area contributed by atoms with Gasteiger partial charge in [0.05, 0.1) is 11.8 Å². The summed E-state index contributed by atoms with van der Waals surface area (Å²) in [4.78, 5) is 14.3. The number of hydrogen-bond donors (Lipinski definition) is 1. The van der Waals surface area contributed by atoms with Crippen LogP contribution in [-0.4, -0.2) is 50.6 Å². The summed E-state index contributed by atoms with van der Waals surface area (Å²) in [5, 5.41) is 15.8. The van der Waals surface area contributed by atoms with Crippen molar-refractivity contribution in [3.63, 3.8) is 0 Å². The Morgan fingerprint density at radius 3 is 2.67 bits per heavy atom. The van der Waals surface area contributed by atoms with Gasteiger partial charge < -0.3 is 9.84 Å². The fourth-order valence-electron chi connectivity index (χ4n) is 2.43. The zero-order chi connectivity index (χ0) is 19.4. The standard InChI is InChI=1S/C18H22N6O2S/c1-12-10-15(22-26-12)19-16(25)11-27-18-21-20-17(13(2)23(3)4)24(18)14-8-6-5-7-9-14/h5-10,13H,11H2,1-4H3,(H,19,22,25). The molecule has 0 bridgehead atoms. The molecule has 1 N–H and O–H groups in total. The molecule has 0 saturated carbocycles. The molecule has 0 radical (unpaired) electrons. The number of carbonyl (C=O) groups is 1. The molecule has 9 heteroatoms. The molecular weight excluding hydrogens is 364 g/mol. The Hall–Kier alpha value is -2.65. The van der Waals surface area contributed by atoms with Crippen molar-refractivity contribution in [1.82, 2.24) is 24.8 Å². The third-order valence-corrected chi connectivity index (χ3v) is 4.98. The lowest BCUT2D eigenvalue weighted by Crippen LogP contribution is -2.21. The van der Waals surface area contributed by atoms with E-state index in [1.54, 1.807) is 13.0 Å². The van der Waals surface area contributed by atoms with Gasteiger partial charge in [-0.2, -0.15) is 0 Å².